The summed E-state index contributed by atoms with van der Waals surface area (Å²) in [6.45, 7) is 6.76. The van der Waals surface area contributed by atoms with Gasteiger partial charge in [-0.2, -0.15) is 0 Å². The zero-order valence-electron chi connectivity index (χ0n) is 9.78. The van der Waals surface area contributed by atoms with Crippen molar-refractivity contribution in [2.75, 3.05) is 6.54 Å². The lowest BCUT2D eigenvalue weighted by atomic mass is 10.1. The highest BCUT2D eigenvalue weighted by Gasteiger charge is 2.25. The molecule has 3 heteroatoms. The zero-order chi connectivity index (χ0) is 11.7. The number of halogens is 1. The van der Waals surface area contributed by atoms with Crippen LogP contribution in [0.25, 0.3) is 0 Å². The van der Waals surface area contributed by atoms with E-state index in [0.717, 1.165) is 16.9 Å². The Morgan fingerprint density at radius 1 is 1.44 bits per heavy atom. The Labute approximate surface area is 105 Å². The Morgan fingerprint density at radius 3 is 2.75 bits per heavy atom. The van der Waals surface area contributed by atoms with Crippen molar-refractivity contribution in [2.45, 2.75) is 32.9 Å². The fourth-order valence-electron chi connectivity index (χ4n) is 2.49. The minimum atomic E-state index is 0.312. The van der Waals surface area contributed by atoms with Gasteiger partial charge in [0, 0.05) is 19.1 Å². The first-order valence-electron chi connectivity index (χ1n) is 5.77. The van der Waals surface area contributed by atoms with Gasteiger partial charge in [0.05, 0.1) is 4.47 Å². The molecule has 1 heterocycles. The predicted molar refractivity (Wildman–Crippen MR) is 69.5 cm³/mol. The van der Waals surface area contributed by atoms with E-state index < -0.39 is 0 Å². The summed E-state index contributed by atoms with van der Waals surface area (Å²) in [5, 5.41) is 9.44. The van der Waals surface area contributed by atoms with Crippen molar-refractivity contribution in [1.82, 2.24) is 4.90 Å². The van der Waals surface area contributed by atoms with Gasteiger partial charge in [0.1, 0.15) is 5.75 Å². The van der Waals surface area contributed by atoms with Gasteiger partial charge in [-0.05, 0) is 52.9 Å². The zero-order valence-corrected chi connectivity index (χ0v) is 11.4. The van der Waals surface area contributed by atoms with Gasteiger partial charge >= 0.3 is 0 Å². The Morgan fingerprint density at radius 2 is 2.19 bits per heavy atom. The Kier molecular flexibility index (Phi) is 3.55. The van der Waals surface area contributed by atoms with E-state index >= 15 is 0 Å². The number of phenolic OH excluding ortho intramolecular Hbond substituents is 1. The molecule has 1 N–H and O–H groups in total. The van der Waals surface area contributed by atoms with Crippen LogP contribution in [0, 0.1) is 5.92 Å². The first-order valence-corrected chi connectivity index (χ1v) is 6.57. The van der Waals surface area contributed by atoms with Crippen LogP contribution in [0.4, 0.5) is 0 Å². The van der Waals surface area contributed by atoms with Crippen molar-refractivity contribution in [3.63, 3.8) is 0 Å². The van der Waals surface area contributed by atoms with Crippen molar-refractivity contribution >= 4 is 15.9 Å². The molecular formula is C13H18BrNO. The quantitative estimate of drug-likeness (QED) is 0.900. The molecule has 1 fully saturated rings. The molecule has 2 unspecified atom stereocenters. The normalized spacial score (nSPS) is 26.2. The fourth-order valence-corrected chi connectivity index (χ4v) is 2.92. The molecule has 0 aromatic heterocycles. The highest BCUT2D eigenvalue weighted by atomic mass is 79.9. The monoisotopic (exact) mass is 283 g/mol. The standard InChI is InChI=1S/C13H18BrNO/c1-9-5-10(2)15(7-9)8-11-3-4-13(16)12(14)6-11/h3-4,6,9-10,16H,5,7-8H2,1-2H3. The number of hydrogen-bond donors (Lipinski definition) is 1. The summed E-state index contributed by atoms with van der Waals surface area (Å²) >= 11 is 3.35. The van der Waals surface area contributed by atoms with Crippen LogP contribution in [0.1, 0.15) is 25.8 Å². The van der Waals surface area contributed by atoms with Crippen LogP contribution in [0.3, 0.4) is 0 Å². The minimum Gasteiger partial charge on any atom is -0.507 e. The van der Waals surface area contributed by atoms with Gasteiger partial charge < -0.3 is 5.11 Å². The molecule has 0 aliphatic carbocycles. The van der Waals surface area contributed by atoms with Gasteiger partial charge in [-0.3, -0.25) is 4.90 Å². The number of benzene rings is 1. The van der Waals surface area contributed by atoms with Crippen molar-refractivity contribution in [3.8, 4) is 5.75 Å². The molecule has 2 rings (SSSR count). The van der Waals surface area contributed by atoms with Gasteiger partial charge in [-0.15, -0.1) is 0 Å². The van der Waals surface area contributed by atoms with Gasteiger partial charge in [0.25, 0.3) is 0 Å². The lowest BCUT2D eigenvalue weighted by molar-refractivity contribution is 0.256. The summed E-state index contributed by atoms with van der Waals surface area (Å²) in [5.74, 6) is 1.11. The van der Waals surface area contributed by atoms with E-state index in [4.69, 9.17) is 0 Å². The summed E-state index contributed by atoms with van der Waals surface area (Å²) in [6, 6.07) is 6.42. The molecule has 1 aliphatic heterocycles. The maximum Gasteiger partial charge on any atom is 0.129 e. The molecule has 16 heavy (non-hydrogen) atoms. The number of likely N-dealkylation sites (tertiary alicyclic amines) is 1. The van der Waals surface area contributed by atoms with Crippen molar-refractivity contribution in [2.24, 2.45) is 5.92 Å². The molecule has 0 amide bonds. The van der Waals surface area contributed by atoms with Crippen LogP contribution in [0.5, 0.6) is 5.75 Å². The summed E-state index contributed by atoms with van der Waals surface area (Å²) < 4.78 is 0.782. The van der Waals surface area contributed by atoms with E-state index in [2.05, 4.69) is 34.7 Å². The molecular weight excluding hydrogens is 266 g/mol. The smallest absolute Gasteiger partial charge is 0.129 e. The molecule has 1 aromatic rings. The van der Waals surface area contributed by atoms with E-state index in [9.17, 15) is 5.11 Å². The molecule has 1 aliphatic rings. The third kappa shape index (κ3) is 2.58. The molecule has 2 nitrogen and oxygen atoms in total. The van der Waals surface area contributed by atoms with E-state index in [1.165, 1.54) is 18.5 Å². The van der Waals surface area contributed by atoms with Crippen molar-refractivity contribution in [1.29, 1.82) is 0 Å². The summed E-state index contributed by atoms with van der Waals surface area (Å²) in [7, 11) is 0. The number of aromatic hydroxyl groups is 1. The number of hydrogen-bond acceptors (Lipinski definition) is 2. The second kappa shape index (κ2) is 4.76. The minimum absolute atomic E-state index is 0.312. The first-order chi connectivity index (χ1) is 7.56. The molecule has 1 aromatic carbocycles. The molecule has 0 radical (unpaired) electrons. The van der Waals surface area contributed by atoms with Crippen LogP contribution in [0.2, 0.25) is 0 Å². The number of nitrogens with zero attached hydrogens (tertiary/aromatic N) is 1. The Bertz CT molecular complexity index is 380. The molecule has 88 valence electrons. The lowest BCUT2D eigenvalue weighted by Crippen LogP contribution is -2.26. The van der Waals surface area contributed by atoms with Gasteiger partial charge in [0.2, 0.25) is 0 Å². The first kappa shape index (κ1) is 11.9. The van der Waals surface area contributed by atoms with E-state index in [-0.39, 0.29) is 0 Å². The SMILES string of the molecule is CC1CC(C)N(Cc2ccc(O)c(Br)c2)C1. The van der Waals surface area contributed by atoms with Crippen molar-refractivity contribution < 1.29 is 5.11 Å². The Balaban J connectivity index is 2.06. The fraction of sp³-hybridized carbons (Fsp3) is 0.538. The largest absolute Gasteiger partial charge is 0.507 e. The molecule has 2 atom stereocenters. The Hall–Kier alpha value is -0.540. The maximum atomic E-state index is 9.44. The maximum absolute atomic E-state index is 9.44. The summed E-state index contributed by atoms with van der Waals surface area (Å²) in [6.07, 6.45) is 1.29. The molecule has 0 bridgehead atoms. The van der Waals surface area contributed by atoms with E-state index in [1.54, 1.807) is 6.07 Å². The second-order valence-electron chi connectivity index (χ2n) is 4.91. The second-order valence-corrected chi connectivity index (χ2v) is 5.76. The predicted octanol–water partition coefficient (Wildman–Crippen LogP) is 3.39. The highest BCUT2D eigenvalue weighted by molar-refractivity contribution is 9.10. The van der Waals surface area contributed by atoms with Crippen LogP contribution in [0.15, 0.2) is 22.7 Å². The average Bonchev–Trinajstić information content (AvgIpc) is 2.51. The van der Waals surface area contributed by atoms with E-state index in [1.807, 2.05) is 12.1 Å². The van der Waals surface area contributed by atoms with Gasteiger partial charge in [-0.1, -0.05) is 13.0 Å². The lowest BCUT2D eigenvalue weighted by Gasteiger charge is -2.21. The number of rotatable bonds is 2. The van der Waals surface area contributed by atoms with Gasteiger partial charge in [-0.25, -0.2) is 0 Å². The molecule has 0 saturated carbocycles. The molecule has 1 saturated heterocycles. The third-order valence-electron chi connectivity index (χ3n) is 3.31. The van der Waals surface area contributed by atoms with Crippen LogP contribution in [-0.2, 0) is 6.54 Å². The summed E-state index contributed by atoms with van der Waals surface area (Å²) in [4.78, 5) is 2.50. The van der Waals surface area contributed by atoms with E-state index in [0.29, 0.717) is 11.8 Å². The highest BCUT2D eigenvalue weighted by Crippen LogP contribution is 2.28. The average molecular weight is 284 g/mol. The summed E-state index contributed by atoms with van der Waals surface area (Å²) in [5.41, 5.74) is 1.26. The van der Waals surface area contributed by atoms with Gasteiger partial charge in [0.15, 0.2) is 0 Å². The van der Waals surface area contributed by atoms with Crippen molar-refractivity contribution in [3.05, 3.63) is 28.2 Å². The topological polar surface area (TPSA) is 23.5 Å². The molecule has 0 spiro atoms. The van der Waals surface area contributed by atoms with Crippen LogP contribution >= 0.6 is 15.9 Å². The van der Waals surface area contributed by atoms with Crippen LogP contribution < -0.4 is 0 Å². The number of phenols is 1. The third-order valence-corrected chi connectivity index (χ3v) is 3.95. The van der Waals surface area contributed by atoms with Crippen LogP contribution in [-0.4, -0.2) is 22.6 Å².